The lowest BCUT2D eigenvalue weighted by Crippen LogP contribution is -2.34. The molecule has 6 rings (SSSR count). The zero-order valence-electron chi connectivity index (χ0n) is 16.5. The first kappa shape index (κ1) is 20.0. The van der Waals surface area contributed by atoms with Crippen LogP contribution in [0.1, 0.15) is 61.5 Å². The van der Waals surface area contributed by atoms with E-state index in [9.17, 15) is 0 Å². The molecular formula is C21H23Cl2N5O2. The Morgan fingerprint density at radius 1 is 1.10 bits per heavy atom. The maximum Gasteiger partial charge on any atom is 0.240 e. The molecule has 3 aromatic rings. The third-order valence-electron chi connectivity index (χ3n) is 6.65. The molecule has 0 bridgehead atoms. The third kappa shape index (κ3) is 3.74. The lowest BCUT2D eigenvalue weighted by atomic mass is 9.91. The van der Waals surface area contributed by atoms with Gasteiger partial charge in [0, 0.05) is 22.4 Å². The average Bonchev–Trinajstić information content (AvgIpc) is 3.59. The van der Waals surface area contributed by atoms with Gasteiger partial charge in [0.2, 0.25) is 17.6 Å². The fourth-order valence-corrected chi connectivity index (χ4v) is 4.75. The summed E-state index contributed by atoms with van der Waals surface area (Å²) in [5, 5.41) is 8.97. The highest BCUT2D eigenvalue weighted by Gasteiger charge is 2.58. The molecule has 9 heteroatoms. The Hall–Kier alpha value is -1.96. The maximum atomic E-state index is 6.08. The van der Waals surface area contributed by atoms with E-state index in [1.807, 2.05) is 24.3 Å². The topological polar surface area (TPSA) is 81.1 Å². The van der Waals surface area contributed by atoms with Crippen molar-refractivity contribution in [1.29, 1.82) is 0 Å². The van der Waals surface area contributed by atoms with E-state index in [0.717, 1.165) is 62.1 Å². The molecule has 1 aliphatic heterocycles. The minimum absolute atomic E-state index is 0. The third-order valence-corrected chi connectivity index (χ3v) is 6.88. The van der Waals surface area contributed by atoms with Gasteiger partial charge in [-0.3, -0.25) is 4.90 Å². The van der Waals surface area contributed by atoms with Gasteiger partial charge < -0.3 is 9.05 Å². The molecule has 30 heavy (non-hydrogen) atoms. The van der Waals surface area contributed by atoms with Gasteiger partial charge in [-0.2, -0.15) is 9.97 Å². The van der Waals surface area contributed by atoms with Crippen molar-refractivity contribution in [3.63, 3.8) is 0 Å². The Bertz CT molecular complexity index is 1040. The summed E-state index contributed by atoms with van der Waals surface area (Å²) in [4.78, 5) is 11.6. The van der Waals surface area contributed by atoms with Crippen LogP contribution in [0.2, 0.25) is 5.02 Å². The van der Waals surface area contributed by atoms with E-state index >= 15 is 0 Å². The first-order valence-corrected chi connectivity index (χ1v) is 10.7. The molecule has 1 unspecified atom stereocenters. The second-order valence-electron chi connectivity index (χ2n) is 8.68. The van der Waals surface area contributed by atoms with E-state index in [-0.39, 0.29) is 12.4 Å². The Labute approximate surface area is 185 Å². The van der Waals surface area contributed by atoms with Gasteiger partial charge in [-0.05, 0) is 62.7 Å². The number of piperidine rings is 1. The van der Waals surface area contributed by atoms with Gasteiger partial charge in [0.1, 0.15) is 0 Å². The van der Waals surface area contributed by atoms with Crippen molar-refractivity contribution >= 4 is 24.0 Å². The number of aromatic nitrogens is 4. The van der Waals surface area contributed by atoms with E-state index in [1.165, 1.54) is 12.8 Å². The Morgan fingerprint density at radius 3 is 2.70 bits per heavy atom. The van der Waals surface area contributed by atoms with Crippen molar-refractivity contribution in [3.8, 4) is 11.4 Å². The van der Waals surface area contributed by atoms with Crippen molar-refractivity contribution in [1.82, 2.24) is 25.2 Å². The molecular weight excluding hydrogens is 425 g/mol. The second-order valence-corrected chi connectivity index (χ2v) is 9.12. The summed E-state index contributed by atoms with van der Waals surface area (Å²) in [7, 11) is 0. The Kier molecular flexibility index (Phi) is 5.08. The molecule has 158 valence electrons. The quantitative estimate of drug-likeness (QED) is 0.552. The molecule has 1 aromatic carbocycles. The van der Waals surface area contributed by atoms with Crippen LogP contribution in [0.5, 0.6) is 0 Å². The predicted octanol–water partition coefficient (Wildman–Crippen LogP) is 4.84. The summed E-state index contributed by atoms with van der Waals surface area (Å²) < 4.78 is 11.0. The van der Waals surface area contributed by atoms with Crippen molar-refractivity contribution in [2.24, 2.45) is 5.41 Å². The number of nitrogens with zero attached hydrogens (tertiary/aromatic N) is 5. The minimum Gasteiger partial charge on any atom is -0.339 e. The van der Waals surface area contributed by atoms with Crippen molar-refractivity contribution < 1.29 is 9.05 Å². The SMILES string of the molecule is Cl.Clc1cccc(-c2noc(C3CC34CCN(Cc3nc(C5CC5)no3)CC4)n2)c1. The smallest absolute Gasteiger partial charge is 0.240 e. The van der Waals surface area contributed by atoms with Gasteiger partial charge in [-0.15, -0.1) is 12.4 Å². The summed E-state index contributed by atoms with van der Waals surface area (Å²) in [5.41, 5.74) is 1.20. The van der Waals surface area contributed by atoms with Gasteiger partial charge in [0.05, 0.1) is 6.54 Å². The lowest BCUT2D eigenvalue weighted by molar-refractivity contribution is 0.144. The summed E-state index contributed by atoms with van der Waals surface area (Å²) in [6.45, 7) is 2.82. The number of halogens is 2. The maximum absolute atomic E-state index is 6.08. The molecule has 0 amide bonds. The largest absolute Gasteiger partial charge is 0.339 e. The Morgan fingerprint density at radius 2 is 1.93 bits per heavy atom. The second kappa shape index (κ2) is 7.62. The number of rotatable bonds is 5. The van der Waals surface area contributed by atoms with E-state index in [4.69, 9.17) is 20.6 Å². The van der Waals surface area contributed by atoms with Crippen molar-refractivity contribution in [3.05, 3.63) is 46.9 Å². The molecule has 1 saturated heterocycles. The monoisotopic (exact) mass is 447 g/mol. The highest BCUT2D eigenvalue weighted by atomic mass is 35.5. The van der Waals surface area contributed by atoms with E-state index in [1.54, 1.807) is 0 Å². The molecule has 3 heterocycles. The zero-order chi connectivity index (χ0) is 19.4. The number of hydrogen-bond acceptors (Lipinski definition) is 7. The highest BCUT2D eigenvalue weighted by Crippen LogP contribution is 2.64. The first-order chi connectivity index (χ1) is 14.2. The molecule has 2 aliphatic carbocycles. The zero-order valence-corrected chi connectivity index (χ0v) is 18.0. The molecule has 2 saturated carbocycles. The van der Waals surface area contributed by atoms with Gasteiger partial charge >= 0.3 is 0 Å². The molecule has 3 fully saturated rings. The fourth-order valence-electron chi connectivity index (χ4n) is 4.56. The molecule has 2 aromatic heterocycles. The average molecular weight is 448 g/mol. The number of benzene rings is 1. The van der Waals surface area contributed by atoms with Crippen LogP contribution in [0, 0.1) is 5.41 Å². The van der Waals surface area contributed by atoms with Crippen LogP contribution in [-0.2, 0) is 6.54 Å². The normalized spacial score (nSPS) is 22.8. The minimum atomic E-state index is 0. The van der Waals surface area contributed by atoms with Crippen LogP contribution in [-0.4, -0.2) is 38.3 Å². The predicted molar refractivity (Wildman–Crippen MR) is 113 cm³/mol. The molecule has 3 aliphatic rings. The Balaban J connectivity index is 0.00000193. The summed E-state index contributed by atoms with van der Waals surface area (Å²) >= 11 is 6.08. The fraction of sp³-hybridized carbons (Fsp3) is 0.524. The van der Waals surface area contributed by atoms with Gasteiger partial charge in [-0.1, -0.05) is 34.0 Å². The van der Waals surface area contributed by atoms with E-state index in [2.05, 4.69) is 25.2 Å². The van der Waals surface area contributed by atoms with E-state index in [0.29, 0.717) is 28.1 Å². The molecule has 7 nitrogen and oxygen atoms in total. The summed E-state index contributed by atoms with van der Waals surface area (Å²) in [5.74, 6) is 3.93. The van der Waals surface area contributed by atoms with Crippen LogP contribution >= 0.6 is 24.0 Å². The standard InChI is InChI=1S/C21H22ClN5O2.ClH/c22-15-3-1-2-14(10-15)19-24-20(29-26-19)16-11-21(16)6-8-27(9-7-21)12-17-23-18(25-28-17)13-4-5-13;/h1-3,10,13,16H,4-9,11-12H2;1H. The van der Waals surface area contributed by atoms with Gasteiger partial charge in [-0.25, -0.2) is 0 Å². The van der Waals surface area contributed by atoms with Crippen LogP contribution in [0.4, 0.5) is 0 Å². The summed E-state index contributed by atoms with van der Waals surface area (Å²) in [6.07, 6.45) is 5.79. The van der Waals surface area contributed by atoms with Crippen LogP contribution in [0.15, 0.2) is 33.3 Å². The van der Waals surface area contributed by atoms with Crippen LogP contribution < -0.4 is 0 Å². The molecule has 1 spiro atoms. The van der Waals surface area contributed by atoms with Crippen LogP contribution in [0.3, 0.4) is 0 Å². The van der Waals surface area contributed by atoms with Crippen molar-refractivity contribution in [2.75, 3.05) is 13.1 Å². The number of hydrogen-bond donors (Lipinski definition) is 0. The van der Waals surface area contributed by atoms with Crippen LogP contribution in [0.25, 0.3) is 11.4 Å². The van der Waals surface area contributed by atoms with Gasteiger partial charge in [0.15, 0.2) is 5.82 Å². The molecule has 0 radical (unpaired) electrons. The number of likely N-dealkylation sites (tertiary alicyclic amines) is 1. The van der Waals surface area contributed by atoms with Crippen molar-refractivity contribution in [2.45, 2.75) is 50.5 Å². The molecule has 1 atom stereocenters. The highest BCUT2D eigenvalue weighted by molar-refractivity contribution is 6.30. The first-order valence-electron chi connectivity index (χ1n) is 10.3. The van der Waals surface area contributed by atoms with Gasteiger partial charge in [0.25, 0.3) is 0 Å². The summed E-state index contributed by atoms with van der Waals surface area (Å²) in [6, 6.07) is 7.56. The van der Waals surface area contributed by atoms with E-state index < -0.39 is 0 Å². The molecule has 0 N–H and O–H groups in total. The lowest BCUT2D eigenvalue weighted by Gasteiger charge is -2.31.